The molecule has 2 saturated carbocycles. The Morgan fingerprint density at radius 3 is 1.85 bits per heavy atom. The van der Waals surface area contributed by atoms with Gasteiger partial charge >= 0.3 is 0 Å². The lowest BCUT2D eigenvalue weighted by Crippen LogP contribution is -1.95. The summed E-state index contributed by atoms with van der Waals surface area (Å²) in [5, 5.41) is 0. The van der Waals surface area contributed by atoms with Crippen molar-refractivity contribution in [1.82, 2.24) is 0 Å². The zero-order valence-corrected chi connectivity index (χ0v) is 9.22. The Bertz CT molecular complexity index is 173. The second-order valence-electron chi connectivity index (χ2n) is 4.43. The predicted molar refractivity (Wildman–Crippen MR) is 58.3 cm³/mol. The average Bonchev–Trinajstić information content (AvgIpc) is 2.64. The van der Waals surface area contributed by atoms with E-state index in [0.29, 0.717) is 5.92 Å². The zero-order chi connectivity index (χ0) is 9.84. The monoisotopic (exact) mass is 178 g/mol. The summed E-state index contributed by atoms with van der Waals surface area (Å²) in [5.74, 6) is 6.49. The smallest absolute Gasteiger partial charge is 0.0205 e. The van der Waals surface area contributed by atoms with Crippen molar-refractivity contribution in [1.29, 1.82) is 0 Å². The highest BCUT2D eigenvalue weighted by Gasteiger charge is 2.39. The van der Waals surface area contributed by atoms with E-state index in [2.05, 4.69) is 12.8 Å². The fourth-order valence-corrected chi connectivity index (χ4v) is 3.06. The van der Waals surface area contributed by atoms with E-state index in [1.807, 2.05) is 13.8 Å². The van der Waals surface area contributed by atoms with E-state index in [-0.39, 0.29) is 0 Å². The van der Waals surface area contributed by atoms with Crippen molar-refractivity contribution in [2.45, 2.75) is 46.5 Å². The number of terminal acetylenes is 1. The molecule has 0 heterocycles. The van der Waals surface area contributed by atoms with Crippen LogP contribution in [0.15, 0.2) is 0 Å². The minimum atomic E-state index is 0.623. The second-order valence-corrected chi connectivity index (χ2v) is 4.43. The van der Waals surface area contributed by atoms with Gasteiger partial charge in [0.25, 0.3) is 0 Å². The normalized spacial score (nSPS) is 41.7. The fraction of sp³-hybridized carbons (Fsp3) is 0.846. The molecule has 2 rings (SSSR count). The summed E-state index contributed by atoms with van der Waals surface area (Å²) in [6.45, 7) is 6.38. The zero-order valence-electron chi connectivity index (χ0n) is 9.22. The predicted octanol–water partition coefficient (Wildman–Crippen LogP) is 3.72. The minimum Gasteiger partial charge on any atom is -0.120 e. The van der Waals surface area contributed by atoms with Crippen LogP contribution in [0.4, 0.5) is 0 Å². The molecule has 2 aliphatic carbocycles. The first-order valence-corrected chi connectivity index (χ1v) is 5.75. The first-order chi connectivity index (χ1) is 6.29. The Balaban J connectivity index is 0.000000396. The molecule has 0 aromatic rings. The first kappa shape index (κ1) is 10.6. The van der Waals surface area contributed by atoms with Gasteiger partial charge in [-0.15, -0.1) is 12.3 Å². The third kappa shape index (κ3) is 2.27. The van der Waals surface area contributed by atoms with E-state index in [0.717, 1.165) is 17.8 Å². The molecule has 2 aliphatic rings. The maximum atomic E-state index is 5.42. The Morgan fingerprint density at radius 2 is 1.46 bits per heavy atom. The van der Waals surface area contributed by atoms with E-state index in [1.165, 1.54) is 25.7 Å². The molecule has 2 unspecified atom stereocenters. The molecule has 0 radical (unpaired) electrons. The van der Waals surface area contributed by atoms with Crippen LogP contribution in [0.5, 0.6) is 0 Å². The van der Waals surface area contributed by atoms with Crippen molar-refractivity contribution >= 4 is 0 Å². The van der Waals surface area contributed by atoms with Crippen LogP contribution in [-0.2, 0) is 0 Å². The van der Waals surface area contributed by atoms with Crippen LogP contribution in [0.25, 0.3) is 0 Å². The van der Waals surface area contributed by atoms with E-state index in [9.17, 15) is 0 Å². The molecule has 4 atom stereocenters. The van der Waals surface area contributed by atoms with Crippen LogP contribution in [0.1, 0.15) is 46.5 Å². The van der Waals surface area contributed by atoms with Gasteiger partial charge in [-0.25, -0.2) is 0 Å². The maximum Gasteiger partial charge on any atom is 0.0205 e. The molecule has 74 valence electrons. The van der Waals surface area contributed by atoms with E-state index < -0.39 is 0 Å². The Kier molecular flexibility index (Phi) is 3.85. The third-order valence-electron chi connectivity index (χ3n) is 3.49. The molecule has 0 amide bonds. The lowest BCUT2D eigenvalue weighted by molar-refractivity contribution is 0.457. The summed E-state index contributed by atoms with van der Waals surface area (Å²) in [5.41, 5.74) is 0. The molecule has 0 bridgehead atoms. The van der Waals surface area contributed by atoms with Gasteiger partial charge in [0.2, 0.25) is 0 Å². The van der Waals surface area contributed by atoms with Gasteiger partial charge in [0.15, 0.2) is 0 Å². The van der Waals surface area contributed by atoms with Crippen molar-refractivity contribution in [2.24, 2.45) is 23.7 Å². The molecule has 0 N–H and O–H groups in total. The SMILES string of the molecule is C#CC1C[C@H]2CC(C)C[C@H]2C1.CC. The largest absolute Gasteiger partial charge is 0.120 e. The molecule has 0 saturated heterocycles. The molecule has 0 heteroatoms. The molecule has 0 aromatic carbocycles. The van der Waals surface area contributed by atoms with E-state index >= 15 is 0 Å². The Morgan fingerprint density at radius 1 is 1.00 bits per heavy atom. The van der Waals surface area contributed by atoms with E-state index in [4.69, 9.17) is 6.42 Å². The molecular formula is C13H22. The maximum absolute atomic E-state index is 5.42. The molecule has 0 nitrogen and oxygen atoms in total. The number of hydrogen-bond acceptors (Lipinski definition) is 0. The molecular weight excluding hydrogens is 156 g/mol. The lowest BCUT2D eigenvalue weighted by Gasteiger charge is -2.04. The van der Waals surface area contributed by atoms with Crippen LogP contribution in [0.2, 0.25) is 0 Å². The summed E-state index contributed by atoms with van der Waals surface area (Å²) in [6, 6.07) is 0. The van der Waals surface area contributed by atoms with Crippen molar-refractivity contribution in [3.63, 3.8) is 0 Å². The van der Waals surface area contributed by atoms with Crippen molar-refractivity contribution in [3.8, 4) is 12.3 Å². The second kappa shape index (κ2) is 4.70. The lowest BCUT2D eigenvalue weighted by atomic mass is 10.0. The third-order valence-corrected chi connectivity index (χ3v) is 3.49. The number of rotatable bonds is 0. The standard InChI is InChI=1S/C11H16.C2H6/c1-3-9-6-10-4-8(2)5-11(10)7-9;1-2/h1,8-11H,4-7H2,2H3;1-2H3/t8?,9?,10-,11+;. The van der Waals surface area contributed by atoms with Crippen LogP contribution in [-0.4, -0.2) is 0 Å². The quantitative estimate of drug-likeness (QED) is 0.496. The van der Waals surface area contributed by atoms with E-state index in [1.54, 1.807) is 0 Å². The van der Waals surface area contributed by atoms with Gasteiger partial charge in [0, 0.05) is 5.92 Å². The fourth-order valence-electron chi connectivity index (χ4n) is 3.06. The van der Waals surface area contributed by atoms with Crippen LogP contribution < -0.4 is 0 Å². The molecule has 13 heavy (non-hydrogen) atoms. The summed E-state index contributed by atoms with van der Waals surface area (Å²) in [4.78, 5) is 0. The average molecular weight is 178 g/mol. The summed E-state index contributed by atoms with van der Waals surface area (Å²) >= 11 is 0. The first-order valence-electron chi connectivity index (χ1n) is 5.75. The summed E-state index contributed by atoms with van der Waals surface area (Å²) in [6.07, 6.45) is 11.0. The summed E-state index contributed by atoms with van der Waals surface area (Å²) < 4.78 is 0. The topological polar surface area (TPSA) is 0 Å². The summed E-state index contributed by atoms with van der Waals surface area (Å²) in [7, 11) is 0. The van der Waals surface area contributed by atoms with Crippen molar-refractivity contribution in [2.75, 3.05) is 0 Å². The van der Waals surface area contributed by atoms with Gasteiger partial charge in [-0.05, 0) is 43.4 Å². The Labute approximate surface area is 83.1 Å². The van der Waals surface area contributed by atoms with Gasteiger partial charge < -0.3 is 0 Å². The molecule has 0 aromatic heterocycles. The van der Waals surface area contributed by atoms with Gasteiger partial charge in [-0.3, -0.25) is 0 Å². The molecule has 2 fully saturated rings. The van der Waals surface area contributed by atoms with Crippen molar-refractivity contribution < 1.29 is 0 Å². The van der Waals surface area contributed by atoms with Crippen LogP contribution in [0, 0.1) is 36.0 Å². The van der Waals surface area contributed by atoms with Gasteiger partial charge in [-0.1, -0.05) is 20.8 Å². The number of fused-ring (bicyclic) bond motifs is 1. The van der Waals surface area contributed by atoms with Crippen molar-refractivity contribution in [3.05, 3.63) is 0 Å². The molecule has 0 spiro atoms. The highest BCUT2D eigenvalue weighted by atomic mass is 14.4. The van der Waals surface area contributed by atoms with Crippen LogP contribution >= 0.6 is 0 Å². The van der Waals surface area contributed by atoms with Gasteiger partial charge in [-0.2, -0.15) is 0 Å². The molecule has 0 aliphatic heterocycles. The highest BCUT2D eigenvalue weighted by Crippen LogP contribution is 2.48. The highest BCUT2D eigenvalue weighted by molar-refractivity contribution is 5.02. The Hall–Kier alpha value is -0.440. The van der Waals surface area contributed by atoms with Gasteiger partial charge in [0.05, 0.1) is 0 Å². The van der Waals surface area contributed by atoms with Gasteiger partial charge in [0.1, 0.15) is 0 Å². The minimum absolute atomic E-state index is 0.623. The van der Waals surface area contributed by atoms with Crippen LogP contribution in [0.3, 0.4) is 0 Å². The number of hydrogen-bond donors (Lipinski definition) is 0.